The fraction of sp³-hybridized carbons (Fsp3) is 0.529. The van der Waals surface area contributed by atoms with Crippen LogP contribution in [0.5, 0.6) is 0 Å². The van der Waals surface area contributed by atoms with E-state index < -0.39 is 23.7 Å². The Morgan fingerprint density at radius 2 is 1.87 bits per heavy atom. The molecule has 0 spiro atoms. The zero-order valence-electron chi connectivity index (χ0n) is 14.4. The minimum absolute atomic E-state index is 0.0182. The van der Waals surface area contributed by atoms with E-state index in [4.69, 9.17) is 4.74 Å². The number of hydrogen-bond acceptors (Lipinski definition) is 3. The molecule has 4 nitrogen and oxygen atoms in total. The second kappa shape index (κ2) is 5.27. The highest BCUT2D eigenvalue weighted by Gasteiger charge is 2.66. The Morgan fingerprint density at radius 3 is 2.43 bits per heavy atom. The number of benzene rings is 1. The van der Waals surface area contributed by atoms with Crippen molar-refractivity contribution in [1.29, 1.82) is 0 Å². The van der Waals surface area contributed by atoms with E-state index in [1.165, 1.54) is 0 Å². The van der Waals surface area contributed by atoms with Gasteiger partial charge in [0, 0.05) is 6.54 Å². The maximum Gasteiger partial charge on any atom is 0.243 e. The summed E-state index contributed by atoms with van der Waals surface area (Å²) in [6.45, 7) is 11.1. The van der Waals surface area contributed by atoms with Crippen molar-refractivity contribution in [3.05, 3.63) is 41.6 Å². The summed E-state index contributed by atoms with van der Waals surface area (Å²) >= 11 is 0. The molecule has 3 atom stereocenters. The summed E-state index contributed by atoms with van der Waals surface area (Å²) in [5.74, 6) is 0. The molecule has 2 aliphatic rings. The van der Waals surface area contributed by atoms with Crippen molar-refractivity contribution in [2.75, 3.05) is 6.54 Å². The van der Waals surface area contributed by atoms with E-state index in [1.807, 2.05) is 26.0 Å². The Kier molecular flexibility index (Phi) is 3.87. The van der Waals surface area contributed by atoms with Crippen LogP contribution in [0.15, 0.2) is 40.9 Å². The van der Waals surface area contributed by atoms with Gasteiger partial charge in [0.1, 0.15) is 11.7 Å². The number of nitrogens with zero attached hydrogens (tertiary/aromatic N) is 1. The number of aryl methyl sites for hydroxylation is 1. The molecule has 0 aliphatic carbocycles. The van der Waals surface area contributed by atoms with Crippen LogP contribution in [0.3, 0.4) is 0 Å². The molecule has 126 valence electrons. The van der Waals surface area contributed by atoms with Crippen LogP contribution in [0, 0.1) is 6.92 Å². The van der Waals surface area contributed by atoms with Gasteiger partial charge in [-0.15, -0.1) is 0 Å². The normalized spacial score (nSPS) is 31.5. The molecule has 23 heavy (non-hydrogen) atoms. The third-order valence-corrected chi connectivity index (χ3v) is 7.67. The number of rotatable bonds is 4. The zero-order valence-corrected chi connectivity index (χ0v) is 16.2. The predicted molar refractivity (Wildman–Crippen MR) is 94.6 cm³/mol. The first kappa shape index (κ1) is 16.9. The third kappa shape index (κ3) is 3.05. The number of morpholine rings is 1. The molecule has 2 aliphatic heterocycles. The minimum atomic E-state index is -3.47. The van der Waals surface area contributed by atoms with E-state index >= 15 is 0 Å². The van der Waals surface area contributed by atoms with E-state index in [-0.39, 0.29) is 12.1 Å². The van der Waals surface area contributed by atoms with Crippen molar-refractivity contribution in [2.24, 2.45) is 0 Å². The molecule has 0 bridgehead atoms. The van der Waals surface area contributed by atoms with Gasteiger partial charge in [0.25, 0.3) is 0 Å². The molecular formula is C17H25NO3SSi. The van der Waals surface area contributed by atoms with Crippen molar-refractivity contribution in [3.63, 3.8) is 0 Å². The molecule has 1 aromatic carbocycles. The summed E-state index contributed by atoms with van der Waals surface area (Å²) in [5, 5.41) is 0. The SMILES string of the molecule is Cc1ccc(S(=O)(=O)N2C[C@@]3(/C=C\[Si](C)(C)C)O[C@H]3[C@@H]2C)cc1. The lowest BCUT2D eigenvalue weighted by Crippen LogP contribution is -2.38. The van der Waals surface area contributed by atoms with Crippen LogP contribution in [0.2, 0.25) is 19.6 Å². The molecular weight excluding hydrogens is 326 g/mol. The summed E-state index contributed by atoms with van der Waals surface area (Å²) in [6.07, 6.45) is 2.10. The molecule has 0 saturated carbocycles. The van der Waals surface area contributed by atoms with Crippen LogP contribution < -0.4 is 0 Å². The van der Waals surface area contributed by atoms with Crippen molar-refractivity contribution in [2.45, 2.75) is 56.1 Å². The molecule has 3 rings (SSSR count). The molecule has 0 unspecified atom stereocenters. The fourth-order valence-electron chi connectivity index (χ4n) is 3.10. The van der Waals surface area contributed by atoms with Crippen LogP contribution >= 0.6 is 0 Å². The van der Waals surface area contributed by atoms with Gasteiger partial charge >= 0.3 is 0 Å². The van der Waals surface area contributed by atoms with Gasteiger partial charge in [-0.3, -0.25) is 0 Å². The lowest BCUT2D eigenvalue weighted by Gasteiger charge is -2.24. The van der Waals surface area contributed by atoms with Gasteiger partial charge in [0.15, 0.2) is 0 Å². The maximum absolute atomic E-state index is 12.9. The molecule has 0 aromatic heterocycles. The van der Waals surface area contributed by atoms with Crippen LogP contribution in [0.25, 0.3) is 0 Å². The highest BCUT2D eigenvalue weighted by atomic mass is 32.2. The molecule has 2 fully saturated rings. The lowest BCUT2D eigenvalue weighted by molar-refractivity contribution is 0.202. The van der Waals surface area contributed by atoms with Crippen molar-refractivity contribution >= 4 is 18.1 Å². The first-order chi connectivity index (χ1) is 10.6. The topological polar surface area (TPSA) is 49.9 Å². The monoisotopic (exact) mass is 351 g/mol. The van der Waals surface area contributed by atoms with E-state index in [2.05, 4.69) is 31.4 Å². The van der Waals surface area contributed by atoms with E-state index in [0.717, 1.165) is 5.56 Å². The van der Waals surface area contributed by atoms with Crippen LogP contribution in [-0.4, -0.2) is 45.1 Å². The Labute approximate surface area is 140 Å². The first-order valence-corrected chi connectivity index (χ1v) is 13.0. The molecule has 0 N–H and O–H groups in total. The summed E-state index contributed by atoms with van der Waals surface area (Å²) in [4.78, 5) is 0.362. The van der Waals surface area contributed by atoms with E-state index in [9.17, 15) is 8.42 Å². The Hall–Kier alpha value is -0.953. The van der Waals surface area contributed by atoms with Crippen LogP contribution in [0.1, 0.15) is 12.5 Å². The summed E-state index contributed by atoms with van der Waals surface area (Å²) in [7, 11) is -4.80. The van der Waals surface area contributed by atoms with Crippen molar-refractivity contribution in [3.8, 4) is 0 Å². The predicted octanol–water partition coefficient (Wildman–Crippen LogP) is 2.96. The number of ether oxygens (including phenoxy) is 1. The first-order valence-electron chi connectivity index (χ1n) is 8.02. The molecule has 0 amide bonds. The average molecular weight is 352 g/mol. The van der Waals surface area contributed by atoms with Gasteiger partial charge in [0.05, 0.1) is 19.0 Å². The third-order valence-electron chi connectivity index (χ3n) is 4.56. The van der Waals surface area contributed by atoms with Gasteiger partial charge < -0.3 is 4.74 Å². The molecule has 2 heterocycles. The van der Waals surface area contributed by atoms with Crippen molar-refractivity contribution in [1.82, 2.24) is 4.31 Å². The van der Waals surface area contributed by atoms with Gasteiger partial charge in [-0.1, -0.05) is 49.1 Å². The molecule has 1 aromatic rings. The summed E-state index contributed by atoms with van der Waals surface area (Å²) < 4.78 is 33.3. The van der Waals surface area contributed by atoms with E-state index in [0.29, 0.717) is 11.4 Å². The highest BCUT2D eigenvalue weighted by Crippen LogP contribution is 2.50. The lowest BCUT2D eigenvalue weighted by atomic mass is 10.1. The number of sulfonamides is 1. The van der Waals surface area contributed by atoms with Crippen LogP contribution in [0.4, 0.5) is 0 Å². The van der Waals surface area contributed by atoms with Gasteiger partial charge in [0.2, 0.25) is 10.0 Å². The van der Waals surface area contributed by atoms with Gasteiger partial charge in [-0.25, -0.2) is 8.42 Å². The molecule has 2 saturated heterocycles. The Bertz CT molecular complexity index is 736. The smallest absolute Gasteiger partial charge is 0.243 e. The summed E-state index contributed by atoms with van der Waals surface area (Å²) in [5.41, 5.74) is 2.90. The van der Waals surface area contributed by atoms with Crippen molar-refractivity contribution < 1.29 is 13.2 Å². The molecule has 6 heteroatoms. The van der Waals surface area contributed by atoms with Gasteiger partial charge in [-0.05, 0) is 26.0 Å². The second-order valence-electron chi connectivity index (χ2n) is 7.80. The van der Waals surface area contributed by atoms with Gasteiger partial charge in [-0.2, -0.15) is 4.31 Å². The minimum Gasteiger partial charge on any atom is -0.358 e. The number of fused-ring (bicyclic) bond motifs is 1. The Balaban J connectivity index is 1.85. The largest absolute Gasteiger partial charge is 0.358 e. The standard InChI is InChI=1S/C17H25NO3SSi/c1-13-6-8-15(9-7-13)22(19,20)18-12-17(10-11-23(3,4)5)16(21-17)14(18)2/h6-11,14,16H,12H2,1-5H3/b11-10-/t14-,16-,17+/m0/s1. The van der Waals surface area contributed by atoms with E-state index in [1.54, 1.807) is 16.4 Å². The number of hydrogen-bond donors (Lipinski definition) is 0. The second-order valence-corrected chi connectivity index (χ2v) is 14.8. The Morgan fingerprint density at radius 1 is 1.26 bits per heavy atom. The highest BCUT2D eigenvalue weighted by molar-refractivity contribution is 7.89. The van der Waals surface area contributed by atoms with Crippen LogP contribution in [-0.2, 0) is 14.8 Å². The summed E-state index contributed by atoms with van der Waals surface area (Å²) in [6, 6.07) is 6.92. The number of epoxide rings is 1. The fourth-order valence-corrected chi connectivity index (χ4v) is 5.56. The maximum atomic E-state index is 12.9. The quantitative estimate of drug-likeness (QED) is 0.619. The zero-order chi connectivity index (χ0) is 17.0. The molecule has 0 radical (unpaired) electrons. The average Bonchev–Trinajstić information content (AvgIpc) is 3.10.